The highest BCUT2D eigenvalue weighted by molar-refractivity contribution is 5.37. The summed E-state index contributed by atoms with van der Waals surface area (Å²) in [6, 6.07) is 8.55. The molecule has 17 heavy (non-hydrogen) atoms. The van der Waals surface area contributed by atoms with E-state index in [4.69, 9.17) is 5.73 Å². The first kappa shape index (κ1) is 11.9. The third-order valence-corrected chi connectivity index (χ3v) is 3.12. The summed E-state index contributed by atoms with van der Waals surface area (Å²) in [4.78, 5) is 0. The van der Waals surface area contributed by atoms with Crippen molar-refractivity contribution in [3.63, 3.8) is 0 Å². The van der Waals surface area contributed by atoms with Crippen LogP contribution in [0.1, 0.15) is 34.0 Å². The molecule has 2 rings (SSSR count). The van der Waals surface area contributed by atoms with Gasteiger partial charge in [-0.2, -0.15) is 5.10 Å². The first-order valence-electron chi connectivity index (χ1n) is 5.91. The first-order valence-corrected chi connectivity index (χ1v) is 5.91. The number of aryl methyl sites for hydroxylation is 3. The molecular weight excluding hydrogens is 210 g/mol. The van der Waals surface area contributed by atoms with Crippen molar-refractivity contribution < 1.29 is 0 Å². The van der Waals surface area contributed by atoms with E-state index in [2.05, 4.69) is 48.3 Å². The summed E-state index contributed by atoms with van der Waals surface area (Å²) < 4.78 is 0. The normalized spacial score (nSPS) is 12.7. The van der Waals surface area contributed by atoms with Gasteiger partial charge in [-0.1, -0.05) is 23.8 Å². The molecule has 3 N–H and O–H groups in total. The number of benzene rings is 1. The molecule has 1 atom stereocenters. The zero-order chi connectivity index (χ0) is 12.4. The summed E-state index contributed by atoms with van der Waals surface area (Å²) in [6.45, 7) is 6.82. The van der Waals surface area contributed by atoms with Gasteiger partial charge in [-0.25, -0.2) is 0 Å². The van der Waals surface area contributed by atoms with Crippen molar-refractivity contribution in [2.45, 2.75) is 26.7 Å². The predicted molar refractivity (Wildman–Crippen MR) is 70.1 cm³/mol. The van der Waals surface area contributed by atoms with Gasteiger partial charge in [-0.05, 0) is 38.0 Å². The lowest BCUT2D eigenvalue weighted by atomic mass is 9.91. The van der Waals surface area contributed by atoms with Crippen LogP contribution >= 0.6 is 0 Å². The number of aromatic nitrogens is 2. The van der Waals surface area contributed by atoms with Crippen molar-refractivity contribution >= 4 is 0 Å². The van der Waals surface area contributed by atoms with Crippen molar-refractivity contribution in [1.82, 2.24) is 10.2 Å². The van der Waals surface area contributed by atoms with E-state index in [9.17, 15) is 0 Å². The number of hydrogen-bond donors (Lipinski definition) is 2. The molecule has 0 aliphatic heterocycles. The summed E-state index contributed by atoms with van der Waals surface area (Å²) in [5.41, 5.74) is 11.8. The lowest BCUT2D eigenvalue weighted by Crippen LogP contribution is -2.15. The van der Waals surface area contributed by atoms with Gasteiger partial charge in [-0.15, -0.1) is 0 Å². The Bertz CT molecular complexity index is 514. The Morgan fingerprint density at radius 2 is 2.00 bits per heavy atom. The van der Waals surface area contributed by atoms with Crippen LogP contribution < -0.4 is 5.73 Å². The van der Waals surface area contributed by atoms with Gasteiger partial charge in [0.1, 0.15) is 0 Å². The highest BCUT2D eigenvalue weighted by Crippen LogP contribution is 2.26. The number of nitrogens with two attached hydrogens (primary N) is 1. The summed E-state index contributed by atoms with van der Waals surface area (Å²) in [5, 5.41) is 7.30. The van der Waals surface area contributed by atoms with Crippen LogP contribution in [-0.4, -0.2) is 16.7 Å². The predicted octanol–water partition coefficient (Wildman–Crippen LogP) is 2.43. The standard InChI is InChI=1S/C14H19N3/c1-9-4-5-12(10(2)6-9)13(8-15)14-7-11(3)16-17-14/h4-7,13H,8,15H2,1-3H3,(H,16,17). The Morgan fingerprint density at radius 1 is 1.24 bits per heavy atom. The molecule has 90 valence electrons. The fourth-order valence-corrected chi connectivity index (χ4v) is 2.24. The van der Waals surface area contributed by atoms with Gasteiger partial charge >= 0.3 is 0 Å². The topological polar surface area (TPSA) is 54.7 Å². The highest BCUT2D eigenvalue weighted by atomic mass is 15.1. The molecule has 0 saturated heterocycles. The number of nitrogens with zero attached hydrogens (tertiary/aromatic N) is 1. The Labute approximate surface area is 102 Å². The fourth-order valence-electron chi connectivity index (χ4n) is 2.24. The number of hydrogen-bond acceptors (Lipinski definition) is 2. The van der Waals surface area contributed by atoms with Gasteiger partial charge in [0, 0.05) is 18.2 Å². The maximum atomic E-state index is 5.90. The van der Waals surface area contributed by atoms with E-state index in [1.807, 2.05) is 6.92 Å². The van der Waals surface area contributed by atoms with Crippen LogP contribution in [-0.2, 0) is 0 Å². The molecule has 0 aliphatic carbocycles. The van der Waals surface area contributed by atoms with Gasteiger partial charge in [0.05, 0.1) is 5.69 Å². The smallest absolute Gasteiger partial charge is 0.0712 e. The van der Waals surface area contributed by atoms with E-state index >= 15 is 0 Å². The van der Waals surface area contributed by atoms with Crippen molar-refractivity contribution in [3.8, 4) is 0 Å². The van der Waals surface area contributed by atoms with E-state index in [-0.39, 0.29) is 5.92 Å². The van der Waals surface area contributed by atoms with Crippen LogP contribution in [0, 0.1) is 20.8 Å². The number of rotatable bonds is 3. The SMILES string of the molecule is Cc1ccc(C(CN)c2cc(C)[nH]n2)c(C)c1. The Morgan fingerprint density at radius 3 is 2.53 bits per heavy atom. The molecule has 0 bridgehead atoms. The monoisotopic (exact) mass is 229 g/mol. The molecule has 0 saturated carbocycles. The van der Waals surface area contributed by atoms with E-state index in [1.165, 1.54) is 16.7 Å². The van der Waals surface area contributed by atoms with Crippen LogP contribution in [0.5, 0.6) is 0 Å². The molecule has 1 aromatic heterocycles. The van der Waals surface area contributed by atoms with Gasteiger partial charge in [0.25, 0.3) is 0 Å². The van der Waals surface area contributed by atoms with Crippen LogP contribution in [0.2, 0.25) is 0 Å². The summed E-state index contributed by atoms with van der Waals surface area (Å²) in [5.74, 6) is 0.181. The second-order valence-electron chi connectivity index (χ2n) is 4.62. The zero-order valence-corrected chi connectivity index (χ0v) is 10.6. The first-order chi connectivity index (χ1) is 8.11. The van der Waals surface area contributed by atoms with Crippen LogP contribution in [0.25, 0.3) is 0 Å². The molecule has 1 unspecified atom stereocenters. The molecule has 0 aliphatic rings. The maximum absolute atomic E-state index is 5.90. The van der Waals surface area contributed by atoms with Crippen LogP contribution in [0.15, 0.2) is 24.3 Å². The second-order valence-corrected chi connectivity index (χ2v) is 4.62. The van der Waals surface area contributed by atoms with Gasteiger partial charge < -0.3 is 5.73 Å². The average Bonchev–Trinajstić information content (AvgIpc) is 2.69. The molecule has 0 fully saturated rings. The largest absolute Gasteiger partial charge is 0.329 e. The molecule has 0 radical (unpaired) electrons. The molecule has 1 heterocycles. The highest BCUT2D eigenvalue weighted by Gasteiger charge is 2.17. The Hall–Kier alpha value is -1.61. The molecule has 0 amide bonds. The Kier molecular flexibility index (Phi) is 3.29. The summed E-state index contributed by atoms with van der Waals surface area (Å²) >= 11 is 0. The minimum Gasteiger partial charge on any atom is -0.329 e. The summed E-state index contributed by atoms with van der Waals surface area (Å²) in [6.07, 6.45) is 0. The third-order valence-electron chi connectivity index (χ3n) is 3.12. The number of nitrogens with one attached hydrogen (secondary N) is 1. The van der Waals surface area contributed by atoms with E-state index in [1.54, 1.807) is 0 Å². The van der Waals surface area contributed by atoms with Gasteiger partial charge in [0.2, 0.25) is 0 Å². The number of H-pyrrole nitrogens is 1. The lowest BCUT2D eigenvalue weighted by molar-refractivity contribution is 0.773. The van der Waals surface area contributed by atoms with Crippen molar-refractivity contribution in [2.24, 2.45) is 5.73 Å². The van der Waals surface area contributed by atoms with E-state index in [0.717, 1.165) is 11.4 Å². The fraction of sp³-hybridized carbons (Fsp3) is 0.357. The maximum Gasteiger partial charge on any atom is 0.0712 e. The third kappa shape index (κ3) is 2.39. The van der Waals surface area contributed by atoms with Crippen molar-refractivity contribution in [1.29, 1.82) is 0 Å². The molecule has 2 aromatic rings. The Balaban J connectivity index is 2.42. The van der Waals surface area contributed by atoms with E-state index in [0.29, 0.717) is 6.54 Å². The minimum atomic E-state index is 0.181. The molecule has 3 nitrogen and oxygen atoms in total. The molecule has 3 heteroatoms. The van der Waals surface area contributed by atoms with Gasteiger partial charge in [0.15, 0.2) is 0 Å². The second kappa shape index (κ2) is 4.72. The quantitative estimate of drug-likeness (QED) is 0.849. The lowest BCUT2D eigenvalue weighted by Gasteiger charge is -2.15. The zero-order valence-electron chi connectivity index (χ0n) is 10.6. The van der Waals surface area contributed by atoms with Crippen LogP contribution in [0.3, 0.4) is 0 Å². The number of aromatic amines is 1. The molecule has 0 spiro atoms. The molecular formula is C14H19N3. The van der Waals surface area contributed by atoms with E-state index < -0.39 is 0 Å². The average molecular weight is 229 g/mol. The minimum absolute atomic E-state index is 0.181. The van der Waals surface area contributed by atoms with Gasteiger partial charge in [-0.3, -0.25) is 5.10 Å². The summed E-state index contributed by atoms with van der Waals surface area (Å²) in [7, 11) is 0. The van der Waals surface area contributed by atoms with Crippen molar-refractivity contribution in [2.75, 3.05) is 6.54 Å². The van der Waals surface area contributed by atoms with Crippen LogP contribution in [0.4, 0.5) is 0 Å². The molecule has 1 aromatic carbocycles. The van der Waals surface area contributed by atoms with Crippen molar-refractivity contribution in [3.05, 3.63) is 52.3 Å².